The number of hydrogen-bond donors (Lipinski definition) is 1. The number of benzene rings is 1. The van der Waals surface area contributed by atoms with Crippen molar-refractivity contribution in [2.24, 2.45) is 12.0 Å². The fraction of sp³-hybridized carbons (Fsp3) is 0.368. The van der Waals surface area contributed by atoms with E-state index in [-0.39, 0.29) is 24.0 Å². The number of imidazole rings is 1. The molecule has 0 saturated carbocycles. The van der Waals surface area contributed by atoms with Crippen molar-refractivity contribution < 1.29 is 0 Å². The van der Waals surface area contributed by atoms with Crippen LogP contribution in [0.15, 0.2) is 46.8 Å². The Morgan fingerprint density at radius 3 is 2.77 bits per heavy atom. The summed E-state index contributed by atoms with van der Waals surface area (Å²) in [6.45, 7) is 4.45. The monoisotopic (exact) mass is 483 g/mol. The van der Waals surface area contributed by atoms with Crippen LogP contribution in [0, 0.1) is 0 Å². The van der Waals surface area contributed by atoms with E-state index < -0.39 is 0 Å². The van der Waals surface area contributed by atoms with Gasteiger partial charge >= 0.3 is 0 Å². The lowest BCUT2D eigenvalue weighted by molar-refractivity contribution is 0.486. The standard InChI is InChI=1S/C19H25N5S.HI/c1-4-20-19(23(2)12-11-15-8-7-13-25-15)21-14-18-22-16-9-5-6-10-17(16)24(18)3;/h5-10,13H,4,11-12,14H2,1-3H3,(H,20,21);1H. The van der Waals surface area contributed by atoms with E-state index >= 15 is 0 Å². The molecular weight excluding hydrogens is 457 g/mol. The Hall–Kier alpha value is -1.61. The van der Waals surface area contributed by atoms with Crippen LogP contribution in [-0.2, 0) is 20.0 Å². The topological polar surface area (TPSA) is 45.5 Å². The Morgan fingerprint density at radius 2 is 2.08 bits per heavy atom. The molecule has 2 heterocycles. The second kappa shape index (κ2) is 9.91. The van der Waals surface area contributed by atoms with Gasteiger partial charge in [0.15, 0.2) is 5.96 Å². The first-order chi connectivity index (χ1) is 12.2. The van der Waals surface area contributed by atoms with Crippen molar-refractivity contribution >= 4 is 52.3 Å². The molecule has 0 aliphatic heterocycles. The van der Waals surface area contributed by atoms with Crippen molar-refractivity contribution in [3.05, 3.63) is 52.5 Å². The molecule has 2 aromatic heterocycles. The van der Waals surface area contributed by atoms with Crippen LogP contribution >= 0.6 is 35.3 Å². The predicted octanol–water partition coefficient (Wildman–Crippen LogP) is 3.89. The number of hydrogen-bond acceptors (Lipinski definition) is 3. The number of para-hydroxylation sites is 2. The number of likely N-dealkylation sites (N-methyl/N-ethyl adjacent to an activating group) is 1. The van der Waals surface area contributed by atoms with E-state index in [9.17, 15) is 0 Å². The molecular formula is C19H26IN5S. The molecule has 0 atom stereocenters. The van der Waals surface area contributed by atoms with Crippen molar-refractivity contribution in [1.29, 1.82) is 0 Å². The third-order valence-electron chi connectivity index (χ3n) is 4.22. The van der Waals surface area contributed by atoms with E-state index in [2.05, 4.69) is 52.3 Å². The Balaban J connectivity index is 0.00000243. The first-order valence-corrected chi connectivity index (χ1v) is 9.49. The maximum Gasteiger partial charge on any atom is 0.194 e. The number of aryl methyl sites for hydroxylation is 1. The Bertz CT molecular complexity index is 841. The Labute approximate surface area is 176 Å². The highest BCUT2D eigenvalue weighted by Gasteiger charge is 2.09. The van der Waals surface area contributed by atoms with Gasteiger partial charge in [-0.2, -0.15) is 0 Å². The van der Waals surface area contributed by atoms with Gasteiger partial charge in [0.1, 0.15) is 12.4 Å². The van der Waals surface area contributed by atoms with E-state index in [1.165, 1.54) is 4.88 Å². The molecule has 0 radical (unpaired) electrons. The predicted molar refractivity (Wildman–Crippen MR) is 122 cm³/mol. The zero-order valence-corrected chi connectivity index (χ0v) is 18.6. The van der Waals surface area contributed by atoms with Crippen molar-refractivity contribution in [3.63, 3.8) is 0 Å². The number of thiophene rings is 1. The molecule has 1 aromatic carbocycles. The Kier molecular flexibility index (Phi) is 7.89. The molecule has 0 unspecified atom stereocenters. The van der Waals surface area contributed by atoms with E-state index in [0.29, 0.717) is 6.54 Å². The zero-order chi connectivity index (χ0) is 17.6. The van der Waals surface area contributed by atoms with Crippen LogP contribution in [0.5, 0.6) is 0 Å². The van der Waals surface area contributed by atoms with Gasteiger partial charge in [-0.1, -0.05) is 18.2 Å². The smallest absolute Gasteiger partial charge is 0.194 e. The third kappa shape index (κ3) is 4.97. The molecule has 0 saturated heterocycles. The largest absolute Gasteiger partial charge is 0.357 e. The first-order valence-electron chi connectivity index (χ1n) is 8.61. The summed E-state index contributed by atoms with van der Waals surface area (Å²) in [4.78, 5) is 13.1. The highest BCUT2D eigenvalue weighted by atomic mass is 127. The van der Waals surface area contributed by atoms with Crippen LogP contribution in [0.1, 0.15) is 17.6 Å². The molecule has 3 rings (SSSR count). The minimum Gasteiger partial charge on any atom is -0.357 e. The van der Waals surface area contributed by atoms with Crippen LogP contribution in [0.4, 0.5) is 0 Å². The molecule has 5 nitrogen and oxygen atoms in total. The fourth-order valence-electron chi connectivity index (χ4n) is 2.79. The summed E-state index contributed by atoms with van der Waals surface area (Å²) in [5, 5.41) is 5.50. The highest BCUT2D eigenvalue weighted by Crippen LogP contribution is 2.15. The van der Waals surface area contributed by atoms with Gasteiger partial charge < -0.3 is 14.8 Å². The molecule has 140 valence electrons. The highest BCUT2D eigenvalue weighted by molar-refractivity contribution is 14.0. The average molecular weight is 483 g/mol. The number of rotatable bonds is 6. The van der Waals surface area contributed by atoms with Crippen LogP contribution < -0.4 is 5.32 Å². The van der Waals surface area contributed by atoms with Crippen molar-refractivity contribution in [1.82, 2.24) is 19.8 Å². The normalized spacial score (nSPS) is 11.4. The van der Waals surface area contributed by atoms with Crippen LogP contribution in [0.3, 0.4) is 0 Å². The van der Waals surface area contributed by atoms with Crippen LogP contribution in [0.25, 0.3) is 11.0 Å². The summed E-state index contributed by atoms with van der Waals surface area (Å²) < 4.78 is 2.12. The fourth-order valence-corrected chi connectivity index (χ4v) is 3.49. The molecule has 0 aliphatic carbocycles. The van der Waals surface area contributed by atoms with E-state index in [4.69, 9.17) is 9.98 Å². The molecule has 0 spiro atoms. The number of aliphatic imine (C=N–C) groups is 1. The molecule has 7 heteroatoms. The van der Waals surface area contributed by atoms with Gasteiger partial charge in [-0.15, -0.1) is 35.3 Å². The van der Waals surface area contributed by atoms with Gasteiger partial charge in [-0.3, -0.25) is 0 Å². The van der Waals surface area contributed by atoms with Gasteiger partial charge in [0, 0.05) is 32.1 Å². The van der Waals surface area contributed by atoms with Crippen molar-refractivity contribution in [2.75, 3.05) is 20.1 Å². The van der Waals surface area contributed by atoms with Gasteiger partial charge in [0.05, 0.1) is 11.0 Å². The number of nitrogens with zero attached hydrogens (tertiary/aromatic N) is 4. The third-order valence-corrected chi connectivity index (χ3v) is 5.16. The number of nitrogens with one attached hydrogen (secondary N) is 1. The summed E-state index contributed by atoms with van der Waals surface area (Å²) in [5.74, 6) is 1.90. The van der Waals surface area contributed by atoms with Gasteiger partial charge in [-0.05, 0) is 36.9 Å². The second-order valence-corrected chi connectivity index (χ2v) is 7.03. The Morgan fingerprint density at radius 1 is 1.27 bits per heavy atom. The summed E-state index contributed by atoms with van der Waals surface area (Å²) in [7, 11) is 4.14. The van der Waals surface area contributed by atoms with Crippen molar-refractivity contribution in [2.45, 2.75) is 19.9 Å². The molecule has 1 N–H and O–H groups in total. The van der Waals surface area contributed by atoms with Crippen LogP contribution in [0.2, 0.25) is 0 Å². The summed E-state index contributed by atoms with van der Waals surface area (Å²) in [5.41, 5.74) is 2.16. The molecule has 0 aliphatic rings. The van der Waals surface area contributed by atoms with E-state index in [0.717, 1.165) is 42.3 Å². The molecule has 0 bridgehead atoms. The van der Waals surface area contributed by atoms with Gasteiger partial charge in [-0.25, -0.2) is 9.98 Å². The number of fused-ring (bicyclic) bond motifs is 1. The molecule has 3 aromatic rings. The SMILES string of the molecule is CCNC(=NCc1nc2ccccc2n1C)N(C)CCc1cccs1.I. The van der Waals surface area contributed by atoms with Crippen LogP contribution in [-0.4, -0.2) is 40.5 Å². The summed E-state index contributed by atoms with van der Waals surface area (Å²) >= 11 is 1.80. The first kappa shape index (κ1) is 20.7. The number of halogens is 1. The quantitative estimate of drug-likeness (QED) is 0.329. The maximum absolute atomic E-state index is 4.79. The van der Waals surface area contributed by atoms with Gasteiger partial charge in [0.25, 0.3) is 0 Å². The molecule has 0 fully saturated rings. The second-order valence-electron chi connectivity index (χ2n) is 6.00. The lowest BCUT2D eigenvalue weighted by Crippen LogP contribution is -2.39. The minimum atomic E-state index is 0. The van der Waals surface area contributed by atoms with E-state index in [1.807, 2.05) is 25.2 Å². The zero-order valence-electron chi connectivity index (χ0n) is 15.5. The summed E-state index contributed by atoms with van der Waals surface area (Å²) in [6.07, 6.45) is 1.03. The molecule has 26 heavy (non-hydrogen) atoms. The minimum absolute atomic E-state index is 0. The van der Waals surface area contributed by atoms with E-state index in [1.54, 1.807) is 11.3 Å². The van der Waals surface area contributed by atoms with Gasteiger partial charge in [0.2, 0.25) is 0 Å². The average Bonchev–Trinajstić information content (AvgIpc) is 3.25. The number of aromatic nitrogens is 2. The lowest BCUT2D eigenvalue weighted by Gasteiger charge is -2.21. The summed E-state index contributed by atoms with van der Waals surface area (Å²) in [6, 6.07) is 12.5. The lowest BCUT2D eigenvalue weighted by atomic mass is 10.3. The van der Waals surface area contributed by atoms with Crippen molar-refractivity contribution in [3.8, 4) is 0 Å². The molecule has 0 amide bonds. The number of guanidine groups is 1. The maximum atomic E-state index is 4.79.